The third kappa shape index (κ3) is 3.63. The highest BCUT2D eigenvalue weighted by molar-refractivity contribution is 6.30. The average Bonchev–Trinajstić information content (AvgIpc) is 2.58. The fourth-order valence-electron chi connectivity index (χ4n) is 3.41. The molecular formula is C18H21ClN2O4. The molecule has 0 atom stereocenters. The Morgan fingerprint density at radius 2 is 1.56 bits per heavy atom. The van der Waals surface area contributed by atoms with Gasteiger partial charge in [-0.1, -0.05) is 18.0 Å². The van der Waals surface area contributed by atoms with E-state index in [0.29, 0.717) is 49.6 Å². The van der Waals surface area contributed by atoms with Crippen LogP contribution in [0.3, 0.4) is 0 Å². The highest BCUT2D eigenvalue weighted by Gasteiger charge is 2.46. The third-order valence-corrected chi connectivity index (χ3v) is 5.52. The number of carboxylic acids is 1. The second kappa shape index (κ2) is 7.04. The largest absolute Gasteiger partial charge is 0.481 e. The van der Waals surface area contributed by atoms with E-state index in [4.69, 9.17) is 11.6 Å². The summed E-state index contributed by atoms with van der Waals surface area (Å²) in [6, 6.07) is 6.74. The molecule has 1 saturated heterocycles. The number of carbonyl (C=O) groups excluding carboxylic acids is 2. The molecule has 0 bridgehead atoms. The molecule has 1 saturated carbocycles. The first-order chi connectivity index (χ1) is 11.9. The van der Waals surface area contributed by atoms with E-state index in [1.54, 1.807) is 34.1 Å². The Labute approximate surface area is 151 Å². The zero-order chi connectivity index (χ0) is 18.0. The van der Waals surface area contributed by atoms with Crippen LogP contribution in [0.4, 0.5) is 0 Å². The van der Waals surface area contributed by atoms with Crippen molar-refractivity contribution in [3.63, 3.8) is 0 Å². The van der Waals surface area contributed by atoms with Crippen LogP contribution in [0.15, 0.2) is 24.3 Å². The van der Waals surface area contributed by atoms with Crippen LogP contribution in [0.25, 0.3) is 0 Å². The monoisotopic (exact) mass is 364 g/mol. The van der Waals surface area contributed by atoms with Crippen molar-refractivity contribution in [1.82, 2.24) is 9.80 Å². The van der Waals surface area contributed by atoms with Gasteiger partial charge in [0, 0.05) is 43.2 Å². The van der Waals surface area contributed by atoms with Crippen LogP contribution in [-0.4, -0.2) is 58.9 Å². The average molecular weight is 365 g/mol. The lowest BCUT2D eigenvalue weighted by atomic mass is 9.66. The summed E-state index contributed by atoms with van der Waals surface area (Å²) in [4.78, 5) is 39.7. The number of carboxylic acid groups (broad SMARTS) is 1. The van der Waals surface area contributed by atoms with Gasteiger partial charge in [-0.2, -0.15) is 0 Å². The maximum absolute atomic E-state index is 12.5. The summed E-state index contributed by atoms with van der Waals surface area (Å²) in [5.74, 6) is -1.07. The van der Waals surface area contributed by atoms with Crippen molar-refractivity contribution in [2.75, 3.05) is 26.2 Å². The molecule has 2 amide bonds. The van der Waals surface area contributed by atoms with Gasteiger partial charge in [0.2, 0.25) is 5.91 Å². The zero-order valence-corrected chi connectivity index (χ0v) is 14.7. The smallest absolute Gasteiger partial charge is 0.310 e. The molecule has 25 heavy (non-hydrogen) atoms. The molecule has 0 unspecified atom stereocenters. The number of hydrogen-bond acceptors (Lipinski definition) is 3. The van der Waals surface area contributed by atoms with Crippen LogP contribution in [0, 0.1) is 5.41 Å². The molecular weight excluding hydrogens is 344 g/mol. The number of aliphatic carboxylic acids is 1. The van der Waals surface area contributed by atoms with Crippen molar-refractivity contribution < 1.29 is 19.5 Å². The van der Waals surface area contributed by atoms with Gasteiger partial charge in [0.05, 0.1) is 5.41 Å². The first-order valence-electron chi connectivity index (χ1n) is 8.47. The lowest BCUT2D eigenvalue weighted by Gasteiger charge is -2.40. The molecule has 2 aliphatic rings. The lowest BCUT2D eigenvalue weighted by molar-refractivity contribution is -0.159. The Balaban J connectivity index is 1.54. The molecule has 0 radical (unpaired) electrons. The molecule has 1 N–H and O–H groups in total. The minimum absolute atomic E-state index is 0.0630. The Kier molecular flexibility index (Phi) is 4.99. The predicted molar refractivity (Wildman–Crippen MR) is 92.5 cm³/mol. The van der Waals surface area contributed by atoms with Crippen LogP contribution < -0.4 is 0 Å². The lowest BCUT2D eigenvalue weighted by Crippen LogP contribution is -2.52. The van der Waals surface area contributed by atoms with Gasteiger partial charge in [-0.3, -0.25) is 14.4 Å². The molecule has 1 aromatic carbocycles. The number of carbonyl (C=O) groups is 3. The Bertz CT molecular complexity index is 677. The summed E-state index contributed by atoms with van der Waals surface area (Å²) in [7, 11) is 0. The molecule has 3 rings (SSSR count). The van der Waals surface area contributed by atoms with E-state index >= 15 is 0 Å². The van der Waals surface area contributed by atoms with Crippen molar-refractivity contribution in [2.24, 2.45) is 5.41 Å². The minimum atomic E-state index is -0.872. The molecule has 6 nitrogen and oxygen atoms in total. The summed E-state index contributed by atoms with van der Waals surface area (Å²) in [6.45, 7) is 1.78. The van der Waals surface area contributed by atoms with E-state index in [1.807, 2.05) is 0 Å². The summed E-state index contributed by atoms with van der Waals surface area (Å²) in [5, 5.41) is 9.94. The van der Waals surface area contributed by atoms with Crippen LogP contribution in [0.1, 0.15) is 36.0 Å². The molecule has 1 aliphatic carbocycles. The topological polar surface area (TPSA) is 77.9 Å². The summed E-state index contributed by atoms with van der Waals surface area (Å²) < 4.78 is 0. The maximum Gasteiger partial charge on any atom is 0.310 e. The molecule has 1 aromatic rings. The highest BCUT2D eigenvalue weighted by atomic mass is 35.5. The Morgan fingerprint density at radius 1 is 1.00 bits per heavy atom. The molecule has 1 aliphatic heterocycles. The van der Waals surface area contributed by atoms with Crippen LogP contribution in [-0.2, 0) is 9.59 Å². The second-order valence-corrected chi connectivity index (χ2v) is 7.23. The van der Waals surface area contributed by atoms with Crippen molar-refractivity contribution >= 4 is 29.4 Å². The quantitative estimate of drug-likeness (QED) is 0.889. The van der Waals surface area contributed by atoms with Crippen LogP contribution in [0.5, 0.6) is 0 Å². The predicted octanol–water partition coefficient (Wildman–Crippen LogP) is 2.27. The number of nitrogens with zero attached hydrogens (tertiary/aromatic N) is 2. The summed E-state index contributed by atoms with van der Waals surface area (Å²) in [5.41, 5.74) is -0.295. The highest BCUT2D eigenvalue weighted by Crippen LogP contribution is 2.44. The van der Waals surface area contributed by atoms with E-state index in [0.717, 1.165) is 6.42 Å². The van der Waals surface area contributed by atoms with E-state index in [-0.39, 0.29) is 18.2 Å². The Morgan fingerprint density at radius 3 is 2.04 bits per heavy atom. The van der Waals surface area contributed by atoms with Gasteiger partial charge >= 0.3 is 5.97 Å². The normalized spacial score (nSPS) is 19.2. The minimum Gasteiger partial charge on any atom is -0.481 e. The molecule has 0 aromatic heterocycles. The molecule has 2 fully saturated rings. The van der Waals surface area contributed by atoms with Gasteiger partial charge in [0.1, 0.15) is 0 Å². The van der Waals surface area contributed by atoms with Crippen molar-refractivity contribution in [1.29, 1.82) is 0 Å². The molecule has 7 heteroatoms. The van der Waals surface area contributed by atoms with Gasteiger partial charge in [-0.05, 0) is 37.1 Å². The first kappa shape index (κ1) is 17.7. The fourth-order valence-corrected chi connectivity index (χ4v) is 3.53. The van der Waals surface area contributed by atoms with Gasteiger partial charge in [0.15, 0.2) is 0 Å². The SMILES string of the molecule is O=C(CC1(C(=O)O)CCC1)N1CCN(C(=O)c2ccc(Cl)cc2)CC1. The van der Waals surface area contributed by atoms with E-state index in [9.17, 15) is 19.5 Å². The van der Waals surface area contributed by atoms with Gasteiger partial charge < -0.3 is 14.9 Å². The van der Waals surface area contributed by atoms with Crippen molar-refractivity contribution in [2.45, 2.75) is 25.7 Å². The molecule has 134 valence electrons. The number of hydrogen-bond donors (Lipinski definition) is 1. The zero-order valence-electron chi connectivity index (χ0n) is 13.9. The van der Waals surface area contributed by atoms with Crippen molar-refractivity contribution in [3.8, 4) is 0 Å². The first-order valence-corrected chi connectivity index (χ1v) is 8.85. The van der Waals surface area contributed by atoms with Gasteiger partial charge in [-0.15, -0.1) is 0 Å². The Hall–Kier alpha value is -2.08. The van der Waals surface area contributed by atoms with Gasteiger partial charge in [0.25, 0.3) is 5.91 Å². The number of benzene rings is 1. The molecule has 1 heterocycles. The standard InChI is InChI=1S/C18H21ClN2O4/c19-14-4-2-13(3-5-14)16(23)21-10-8-20(9-11-21)15(22)12-18(17(24)25)6-1-7-18/h2-5H,1,6-12H2,(H,24,25). The third-order valence-electron chi connectivity index (χ3n) is 5.26. The molecule has 0 spiro atoms. The number of piperazine rings is 1. The fraction of sp³-hybridized carbons (Fsp3) is 0.500. The van der Waals surface area contributed by atoms with Crippen LogP contribution >= 0.6 is 11.6 Å². The van der Waals surface area contributed by atoms with E-state index < -0.39 is 11.4 Å². The number of amides is 2. The summed E-state index contributed by atoms with van der Waals surface area (Å²) >= 11 is 5.84. The van der Waals surface area contributed by atoms with E-state index in [2.05, 4.69) is 0 Å². The van der Waals surface area contributed by atoms with Crippen molar-refractivity contribution in [3.05, 3.63) is 34.9 Å². The number of rotatable bonds is 4. The second-order valence-electron chi connectivity index (χ2n) is 6.80. The maximum atomic E-state index is 12.5. The van der Waals surface area contributed by atoms with Gasteiger partial charge in [-0.25, -0.2) is 0 Å². The van der Waals surface area contributed by atoms with E-state index in [1.165, 1.54) is 0 Å². The summed E-state index contributed by atoms with van der Waals surface area (Å²) in [6.07, 6.45) is 2.07. The van der Waals surface area contributed by atoms with Crippen LogP contribution in [0.2, 0.25) is 5.02 Å². The number of halogens is 1.